The third-order valence-electron chi connectivity index (χ3n) is 4.89. The Morgan fingerprint density at radius 3 is 2.57 bits per heavy atom. The Morgan fingerprint density at radius 1 is 1.27 bits per heavy atom. The highest BCUT2D eigenvalue weighted by molar-refractivity contribution is 7.89. The van der Waals surface area contributed by atoms with Gasteiger partial charge in [0, 0.05) is 31.9 Å². The van der Waals surface area contributed by atoms with Crippen LogP contribution in [-0.4, -0.2) is 87.2 Å². The first kappa shape index (κ1) is 22.4. The lowest BCUT2D eigenvalue weighted by Crippen LogP contribution is -2.58. The molecule has 30 heavy (non-hydrogen) atoms. The number of esters is 1. The predicted octanol–water partition coefficient (Wildman–Crippen LogP) is -0.232. The summed E-state index contributed by atoms with van der Waals surface area (Å²) in [6.45, 7) is 2.24. The van der Waals surface area contributed by atoms with E-state index in [4.69, 9.17) is 17.0 Å². The number of hydrogen-bond acceptors (Lipinski definition) is 7. The zero-order chi connectivity index (χ0) is 21.7. The molecule has 1 atom stereocenters. The molecule has 1 amide bonds. The summed E-state index contributed by atoms with van der Waals surface area (Å²) in [4.78, 5) is 25.7. The summed E-state index contributed by atoms with van der Waals surface area (Å²) in [7, 11) is -2.32. The van der Waals surface area contributed by atoms with E-state index in [1.54, 1.807) is 17.0 Å². The molecule has 0 saturated carbocycles. The van der Waals surface area contributed by atoms with Gasteiger partial charge in [0.1, 0.15) is 6.04 Å². The molecule has 3 rings (SSSR count). The Labute approximate surface area is 180 Å². The van der Waals surface area contributed by atoms with Gasteiger partial charge in [-0.3, -0.25) is 9.59 Å². The molecule has 1 unspecified atom stereocenters. The van der Waals surface area contributed by atoms with Crippen LogP contribution >= 0.6 is 12.2 Å². The Kier molecular flexibility index (Phi) is 7.23. The first-order chi connectivity index (χ1) is 14.3. The standard InChI is InChI=1S/C18H24N4O6S2/c1-27-16(23)12-15-17(24)19-6-7-22(15)18(29)20-13-2-4-14(5-3-13)30(25,26)21-8-10-28-11-9-21/h2-5,15H,6-12H2,1H3,(H,19,24)(H,20,29). The molecular formula is C18H24N4O6S2. The van der Waals surface area contributed by atoms with Gasteiger partial charge in [0.2, 0.25) is 15.9 Å². The summed E-state index contributed by atoms with van der Waals surface area (Å²) in [6.07, 6.45) is -0.124. The lowest BCUT2D eigenvalue weighted by Gasteiger charge is -2.36. The monoisotopic (exact) mass is 456 g/mol. The molecule has 0 radical (unpaired) electrons. The smallest absolute Gasteiger partial charge is 0.308 e. The molecule has 2 aliphatic rings. The number of nitrogens with one attached hydrogen (secondary N) is 2. The zero-order valence-corrected chi connectivity index (χ0v) is 18.1. The Balaban J connectivity index is 1.68. The summed E-state index contributed by atoms with van der Waals surface area (Å²) < 4.78 is 36.7. The van der Waals surface area contributed by atoms with Crippen LogP contribution in [0.2, 0.25) is 0 Å². The highest BCUT2D eigenvalue weighted by Crippen LogP contribution is 2.20. The van der Waals surface area contributed by atoms with Crippen molar-refractivity contribution >= 4 is 44.9 Å². The highest BCUT2D eigenvalue weighted by atomic mass is 32.2. The van der Waals surface area contributed by atoms with Gasteiger partial charge in [-0.2, -0.15) is 4.31 Å². The average Bonchev–Trinajstić information content (AvgIpc) is 2.76. The third-order valence-corrected chi connectivity index (χ3v) is 7.14. The Morgan fingerprint density at radius 2 is 1.93 bits per heavy atom. The van der Waals surface area contributed by atoms with Gasteiger partial charge < -0.3 is 25.0 Å². The number of benzene rings is 1. The number of amides is 1. The van der Waals surface area contributed by atoms with Gasteiger partial charge in [0.15, 0.2) is 5.11 Å². The van der Waals surface area contributed by atoms with Gasteiger partial charge in [0.25, 0.3) is 0 Å². The Hall–Kier alpha value is -2.28. The number of ether oxygens (including phenoxy) is 2. The molecule has 0 spiro atoms. The van der Waals surface area contributed by atoms with Gasteiger partial charge in [-0.1, -0.05) is 0 Å². The van der Waals surface area contributed by atoms with Crippen molar-refractivity contribution in [2.75, 3.05) is 51.8 Å². The van der Waals surface area contributed by atoms with E-state index in [2.05, 4.69) is 15.4 Å². The molecule has 10 nitrogen and oxygen atoms in total. The number of anilines is 1. The first-order valence-corrected chi connectivity index (χ1v) is 11.3. The minimum atomic E-state index is -3.58. The SMILES string of the molecule is COC(=O)CC1C(=O)NCCN1C(=S)Nc1ccc(S(=O)(=O)N2CCOCC2)cc1. The number of sulfonamides is 1. The normalized spacial score (nSPS) is 20.4. The molecule has 1 aromatic carbocycles. The minimum absolute atomic E-state index is 0.124. The van der Waals surface area contributed by atoms with Crippen LogP contribution in [0.3, 0.4) is 0 Å². The van der Waals surface area contributed by atoms with Crippen LogP contribution in [0.15, 0.2) is 29.2 Å². The second kappa shape index (κ2) is 9.69. The topological polar surface area (TPSA) is 117 Å². The number of nitrogens with zero attached hydrogens (tertiary/aromatic N) is 2. The van der Waals surface area contributed by atoms with Gasteiger partial charge >= 0.3 is 5.97 Å². The van der Waals surface area contributed by atoms with Crippen LogP contribution in [-0.2, 0) is 29.1 Å². The first-order valence-electron chi connectivity index (χ1n) is 9.43. The molecule has 2 saturated heterocycles. The average molecular weight is 457 g/mol. The van der Waals surface area contributed by atoms with Crippen molar-refractivity contribution in [3.8, 4) is 0 Å². The van der Waals surface area contributed by atoms with Crippen LogP contribution in [0.25, 0.3) is 0 Å². The maximum Gasteiger partial charge on any atom is 0.308 e. The minimum Gasteiger partial charge on any atom is -0.469 e. The Bertz CT molecular complexity index is 900. The number of carbonyl (C=O) groups is 2. The number of rotatable bonds is 5. The summed E-state index contributed by atoms with van der Waals surface area (Å²) >= 11 is 5.43. The summed E-state index contributed by atoms with van der Waals surface area (Å²) in [5, 5.41) is 5.98. The van der Waals surface area contributed by atoms with E-state index < -0.39 is 22.0 Å². The number of piperazine rings is 1. The second-order valence-corrected chi connectivity index (χ2v) is 9.08. The fourth-order valence-electron chi connectivity index (χ4n) is 3.24. The fourth-order valence-corrected chi connectivity index (χ4v) is 4.99. The summed E-state index contributed by atoms with van der Waals surface area (Å²) in [6, 6.07) is 5.46. The largest absolute Gasteiger partial charge is 0.469 e. The van der Waals surface area contributed by atoms with Crippen molar-refractivity contribution in [1.29, 1.82) is 0 Å². The molecule has 2 heterocycles. The van der Waals surface area contributed by atoms with E-state index in [1.165, 1.54) is 23.5 Å². The predicted molar refractivity (Wildman–Crippen MR) is 112 cm³/mol. The molecule has 2 aliphatic heterocycles. The summed E-state index contributed by atoms with van der Waals surface area (Å²) in [5.41, 5.74) is 0.573. The molecule has 0 bridgehead atoms. The van der Waals surface area contributed by atoms with Gasteiger partial charge in [-0.15, -0.1) is 0 Å². The van der Waals surface area contributed by atoms with Crippen LogP contribution in [0.4, 0.5) is 5.69 Å². The van der Waals surface area contributed by atoms with Crippen molar-refractivity contribution in [2.24, 2.45) is 0 Å². The number of carbonyl (C=O) groups excluding carboxylic acids is 2. The van der Waals surface area contributed by atoms with Crippen molar-refractivity contribution < 1.29 is 27.5 Å². The van der Waals surface area contributed by atoms with Crippen LogP contribution in [0.1, 0.15) is 6.42 Å². The number of thiocarbonyl (C=S) groups is 1. The molecular weight excluding hydrogens is 432 g/mol. The molecule has 12 heteroatoms. The lowest BCUT2D eigenvalue weighted by molar-refractivity contribution is -0.144. The van der Waals surface area contributed by atoms with Crippen molar-refractivity contribution in [2.45, 2.75) is 17.4 Å². The van der Waals surface area contributed by atoms with E-state index in [9.17, 15) is 18.0 Å². The van der Waals surface area contributed by atoms with Gasteiger partial charge in [0.05, 0.1) is 31.6 Å². The van der Waals surface area contributed by atoms with Gasteiger partial charge in [-0.25, -0.2) is 8.42 Å². The van der Waals surface area contributed by atoms with E-state index in [1.807, 2.05) is 0 Å². The zero-order valence-electron chi connectivity index (χ0n) is 16.5. The molecule has 2 N–H and O–H groups in total. The van der Waals surface area contributed by atoms with E-state index in [0.29, 0.717) is 45.1 Å². The molecule has 1 aromatic rings. The van der Waals surface area contributed by atoms with Crippen LogP contribution in [0, 0.1) is 0 Å². The van der Waals surface area contributed by atoms with Crippen LogP contribution < -0.4 is 10.6 Å². The molecule has 2 fully saturated rings. The number of morpholine rings is 1. The van der Waals surface area contributed by atoms with Crippen molar-refractivity contribution in [3.05, 3.63) is 24.3 Å². The van der Waals surface area contributed by atoms with Crippen LogP contribution in [0.5, 0.6) is 0 Å². The maximum absolute atomic E-state index is 12.7. The summed E-state index contributed by atoms with van der Waals surface area (Å²) in [5.74, 6) is -0.815. The molecule has 0 aromatic heterocycles. The highest BCUT2D eigenvalue weighted by Gasteiger charge is 2.33. The molecule has 164 valence electrons. The third kappa shape index (κ3) is 5.06. The van der Waals surface area contributed by atoms with E-state index in [-0.39, 0.29) is 22.3 Å². The van der Waals surface area contributed by atoms with E-state index >= 15 is 0 Å². The number of hydrogen-bond donors (Lipinski definition) is 2. The van der Waals surface area contributed by atoms with Gasteiger partial charge in [-0.05, 0) is 36.5 Å². The lowest BCUT2D eigenvalue weighted by atomic mass is 10.1. The number of methoxy groups -OCH3 is 1. The van der Waals surface area contributed by atoms with E-state index in [0.717, 1.165) is 0 Å². The van der Waals surface area contributed by atoms with Crippen molar-refractivity contribution in [3.63, 3.8) is 0 Å². The maximum atomic E-state index is 12.7. The fraction of sp³-hybridized carbons (Fsp3) is 0.500. The molecule has 0 aliphatic carbocycles. The van der Waals surface area contributed by atoms with Crippen molar-refractivity contribution in [1.82, 2.24) is 14.5 Å². The second-order valence-electron chi connectivity index (χ2n) is 6.75. The quantitative estimate of drug-likeness (QED) is 0.458.